The molecule has 0 saturated carbocycles. The third-order valence-corrected chi connectivity index (χ3v) is 12.3. The van der Waals surface area contributed by atoms with Crippen LogP contribution in [-0.4, -0.2) is 15.0 Å². The largest absolute Gasteiger partial charge is 0.238 e. The molecule has 1 spiro atoms. The molecule has 2 aliphatic rings. The maximum Gasteiger partial charge on any atom is 0.187 e. The van der Waals surface area contributed by atoms with Crippen LogP contribution in [-0.2, 0) is 5.41 Å². The summed E-state index contributed by atoms with van der Waals surface area (Å²) in [6, 6.07) is 68.6. The quantitative estimate of drug-likeness (QED) is 0.168. The molecule has 4 heteroatoms. The van der Waals surface area contributed by atoms with Crippen LogP contribution in [0, 0.1) is 6.57 Å². The Labute approximate surface area is 341 Å². The van der Waals surface area contributed by atoms with Gasteiger partial charge in [0.1, 0.15) is 0 Å². The molecule has 0 saturated heterocycles. The predicted molar refractivity (Wildman–Crippen MR) is 239 cm³/mol. The fourth-order valence-corrected chi connectivity index (χ4v) is 9.70. The topological polar surface area (TPSA) is 43.0 Å². The Kier molecular flexibility index (Phi) is 7.17. The second-order valence-corrected chi connectivity index (χ2v) is 15.4. The molecule has 272 valence electrons. The Balaban J connectivity index is 1.02. The van der Waals surface area contributed by atoms with Gasteiger partial charge in [0, 0.05) is 16.7 Å². The van der Waals surface area contributed by atoms with Crippen LogP contribution in [0.2, 0.25) is 0 Å². The zero-order valence-corrected chi connectivity index (χ0v) is 31.8. The average Bonchev–Trinajstić information content (AvgIpc) is 3.78. The minimum Gasteiger partial charge on any atom is -0.238 e. The average molecular weight is 749 g/mol. The fraction of sp³-hybridized carbons (Fsp3) is 0.0182. The smallest absolute Gasteiger partial charge is 0.187 e. The Morgan fingerprint density at radius 1 is 0.339 bits per heavy atom. The van der Waals surface area contributed by atoms with Crippen LogP contribution in [0.4, 0.5) is 5.69 Å². The van der Waals surface area contributed by atoms with Gasteiger partial charge in [-0.15, -0.1) is 0 Å². The predicted octanol–water partition coefficient (Wildman–Crippen LogP) is 13.7. The first-order chi connectivity index (χ1) is 29.2. The molecule has 4 nitrogen and oxygen atoms in total. The van der Waals surface area contributed by atoms with E-state index in [9.17, 15) is 0 Å². The molecule has 0 radical (unpaired) electrons. The van der Waals surface area contributed by atoms with E-state index in [1.807, 2.05) is 6.07 Å². The Morgan fingerprint density at radius 2 is 0.814 bits per heavy atom. The second kappa shape index (κ2) is 12.8. The van der Waals surface area contributed by atoms with Crippen molar-refractivity contribution < 1.29 is 0 Å². The molecular weight excluding hydrogens is 717 g/mol. The third-order valence-electron chi connectivity index (χ3n) is 12.3. The summed E-state index contributed by atoms with van der Waals surface area (Å²) >= 11 is 0. The minimum atomic E-state index is -0.530. The highest BCUT2D eigenvalue weighted by Gasteiger charge is 2.52. The van der Waals surface area contributed by atoms with Gasteiger partial charge in [-0.05, 0) is 89.3 Å². The zero-order chi connectivity index (χ0) is 39.1. The molecule has 0 atom stereocenters. The number of hydrogen-bond donors (Lipinski definition) is 0. The first-order valence-electron chi connectivity index (χ1n) is 19.9. The molecule has 9 aromatic carbocycles. The fourth-order valence-electron chi connectivity index (χ4n) is 9.70. The van der Waals surface area contributed by atoms with E-state index in [2.05, 4.69) is 193 Å². The number of hydrogen-bond acceptors (Lipinski definition) is 3. The lowest BCUT2D eigenvalue weighted by Gasteiger charge is -2.30. The van der Waals surface area contributed by atoms with E-state index in [4.69, 9.17) is 21.5 Å². The molecule has 2 aliphatic carbocycles. The molecule has 0 unspecified atom stereocenters. The van der Waals surface area contributed by atoms with Crippen LogP contribution in [0.5, 0.6) is 0 Å². The molecule has 0 N–H and O–H groups in total. The van der Waals surface area contributed by atoms with E-state index in [0.717, 1.165) is 49.7 Å². The van der Waals surface area contributed by atoms with E-state index in [1.165, 1.54) is 44.2 Å². The summed E-state index contributed by atoms with van der Waals surface area (Å²) in [5.41, 5.74) is 14.9. The Morgan fingerprint density at radius 3 is 1.41 bits per heavy atom. The van der Waals surface area contributed by atoms with Gasteiger partial charge in [0.15, 0.2) is 23.2 Å². The molecular formula is C55H32N4. The summed E-state index contributed by atoms with van der Waals surface area (Å²) in [6.07, 6.45) is 0. The molecule has 0 amide bonds. The van der Waals surface area contributed by atoms with E-state index in [-0.39, 0.29) is 0 Å². The van der Waals surface area contributed by atoms with Crippen LogP contribution in [0.25, 0.3) is 93.9 Å². The monoisotopic (exact) mass is 748 g/mol. The molecule has 0 aliphatic heterocycles. The standard InChI is InChI=1S/C55H32N4/c1-56-42-29-30-46-50(33-42)55(47-18-8-6-15-44(47)45-16-7-9-19-48(45)55)49-20-10-17-43(51(46)49)36-23-25-37(26-24-36)52-57-53(40-27-21-34-11-2-4-13-38(34)31-40)59-54(58-52)41-28-22-35-12-3-5-14-39(35)32-41/h2-33H. The first kappa shape index (κ1) is 33.2. The lowest BCUT2D eigenvalue weighted by Crippen LogP contribution is -2.25. The highest BCUT2D eigenvalue weighted by atomic mass is 15.0. The van der Waals surface area contributed by atoms with Crippen molar-refractivity contribution in [3.63, 3.8) is 0 Å². The maximum atomic E-state index is 7.98. The van der Waals surface area contributed by atoms with Gasteiger partial charge in [-0.25, -0.2) is 19.8 Å². The van der Waals surface area contributed by atoms with Crippen molar-refractivity contribution in [2.75, 3.05) is 0 Å². The van der Waals surface area contributed by atoms with Gasteiger partial charge < -0.3 is 0 Å². The molecule has 1 aromatic heterocycles. The van der Waals surface area contributed by atoms with Crippen LogP contribution in [0.3, 0.4) is 0 Å². The van der Waals surface area contributed by atoms with Gasteiger partial charge in [-0.1, -0.05) is 182 Å². The van der Waals surface area contributed by atoms with Crippen LogP contribution in [0.1, 0.15) is 22.3 Å². The van der Waals surface area contributed by atoms with Crippen LogP contribution < -0.4 is 0 Å². The summed E-state index contributed by atoms with van der Waals surface area (Å²) in [7, 11) is 0. The van der Waals surface area contributed by atoms with Gasteiger partial charge in [-0.2, -0.15) is 0 Å². The van der Waals surface area contributed by atoms with Crippen molar-refractivity contribution in [2.45, 2.75) is 5.41 Å². The van der Waals surface area contributed by atoms with Crippen molar-refractivity contribution in [3.05, 3.63) is 228 Å². The summed E-state index contributed by atoms with van der Waals surface area (Å²) in [5.74, 6) is 1.88. The van der Waals surface area contributed by atoms with Gasteiger partial charge in [0.05, 0.1) is 12.0 Å². The molecule has 10 aromatic rings. The van der Waals surface area contributed by atoms with E-state index >= 15 is 0 Å². The van der Waals surface area contributed by atoms with Crippen molar-refractivity contribution in [2.24, 2.45) is 0 Å². The van der Waals surface area contributed by atoms with Gasteiger partial charge in [0.2, 0.25) is 0 Å². The highest BCUT2D eigenvalue weighted by molar-refractivity contribution is 6.00. The molecule has 12 rings (SSSR count). The van der Waals surface area contributed by atoms with Crippen LogP contribution in [0.15, 0.2) is 194 Å². The summed E-state index contributed by atoms with van der Waals surface area (Å²) in [6.45, 7) is 7.98. The molecule has 1 heterocycles. The number of nitrogens with zero attached hydrogens (tertiary/aromatic N) is 4. The van der Waals surface area contributed by atoms with E-state index < -0.39 is 5.41 Å². The van der Waals surface area contributed by atoms with E-state index in [0.29, 0.717) is 23.2 Å². The minimum absolute atomic E-state index is 0.530. The lowest BCUT2D eigenvalue weighted by molar-refractivity contribution is 0.794. The molecule has 0 fully saturated rings. The normalized spacial score (nSPS) is 12.9. The maximum absolute atomic E-state index is 7.98. The second-order valence-electron chi connectivity index (χ2n) is 15.4. The van der Waals surface area contributed by atoms with Gasteiger partial charge in [-0.3, -0.25) is 0 Å². The van der Waals surface area contributed by atoms with Gasteiger partial charge in [0.25, 0.3) is 0 Å². The first-order valence-corrected chi connectivity index (χ1v) is 19.9. The highest BCUT2D eigenvalue weighted by Crippen LogP contribution is 2.64. The van der Waals surface area contributed by atoms with Gasteiger partial charge >= 0.3 is 0 Å². The number of fused-ring (bicyclic) bond motifs is 12. The van der Waals surface area contributed by atoms with Crippen LogP contribution >= 0.6 is 0 Å². The van der Waals surface area contributed by atoms with Crippen molar-refractivity contribution >= 4 is 27.2 Å². The molecule has 0 bridgehead atoms. The summed E-state index contributed by atoms with van der Waals surface area (Å²) < 4.78 is 0. The zero-order valence-electron chi connectivity index (χ0n) is 31.8. The van der Waals surface area contributed by atoms with Crippen molar-refractivity contribution in [1.29, 1.82) is 0 Å². The van der Waals surface area contributed by atoms with E-state index in [1.54, 1.807) is 0 Å². The summed E-state index contributed by atoms with van der Waals surface area (Å²) in [4.78, 5) is 19.2. The third kappa shape index (κ3) is 4.92. The number of benzene rings is 9. The molecule has 59 heavy (non-hydrogen) atoms. The summed E-state index contributed by atoms with van der Waals surface area (Å²) in [5, 5.41) is 4.62. The van der Waals surface area contributed by atoms with Crippen molar-refractivity contribution in [1.82, 2.24) is 15.0 Å². The SMILES string of the molecule is [C-]#[N+]c1ccc2c(c1)C1(c3ccccc3-c3ccccc31)c1cccc(-c3ccc(-c4nc(-c5ccc6ccccc6c5)nc(-c5ccc6ccccc6c5)n4)cc3)c1-2. The Bertz CT molecular complexity index is 3270. The lowest BCUT2D eigenvalue weighted by atomic mass is 9.70. The Hall–Kier alpha value is -8.00. The number of rotatable bonds is 4. The number of aromatic nitrogens is 3. The van der Waals surface area contributed by atoms with Crippen molar-refractivity contribution in [3.8, 4) is 67.5 Å².